The Bertz CT molecular complexity index is 972. The van der Waals surface area contributed by atoms with Crippen molar-refractivity contribution < 1.29 is 23.9 Å². The summed E-state index contributed by atoms with van der Waals surface area (Å²) in [6.45, 7) is 1.63. The van der Waals surface area contributed by atoms with Crippen LogP contribution in [0.15, 0.2) is 54.6 Å². The minimum atomic E-state index is -0.708. The van der Waals surface area contributed by atoms with Crippen molar-refractivity contribution in [2.75, 3.05) is 37.5 Å². The van der Waals surface area contributed by atoms with Crippen LogP contribution in [0.1, 0.15) is 44.1 Å². The van der Waals surface area contributed by atoms with Crippen LogP contribution in [0.4, 0.5) is 11.4 Å². The number of nitrogens with one attached hydrogen (secondary N) is 2. The first kappa shape index (κ1) is 27.2. The normalized spacial score (nSPS) is 14.7. The average Bonchev–Trinajstić information content (AvgIpc) is 2.91. The molecule has 0 radical (unpaired) electrons. The third-order valence-corrected chi connectivity index (χ3v) is 6.49. The van der Waals surface area contributed by atoms with Gasteiger partial charge in [-0.1, -0.05) is 30.3 Å². The van der Waals surface area contributed by atoms with Crippen molar-refractivity contribution in [1.82, 2.24) is 5.32 Å². The number of rotatable bonds is 12. The Morgan fingerprint density at radius 1 is 0.944 bits per heavy atom. The smallest absolute Gasteiger partial charge is 0.323 e. The number of methoxy groups -OCH3 is 2. The Morgan fingerprint density at radius 2 is 1.64 bits per heavy atom. The first-order valence-electron chi connectivity index (χ1n) is 12.6. The molecule has 1 saturated heterocycles. The number of anilines is 2. The van der Waals surface area contributed by atoms with Gasteiger partial charge in [-0.15, -0.1) is 0 Å². The number of aryl methyl sites for hydroxylation is 1. The van der Waals surface area contributed by atoms with Gasteiger partial charge in [0.05, 0.1) is 20.6 Å². The lowest BCUT2D eigenvalue weighted by Crippen LogP contribution is -2.50. The maximum absolute atomic E-state index is 12.3. The van der Waals surface area contributed by atoms with Crippen molar-refractivity contribution in [2.45, 2.75) is 57.0 Å². The van der Waals surface area contributed by atoms with Crippen molar-refractivity contribution in [1.29, 1.82) is 0 Å². The molecule has 2 aromatic carbocycles. The molecule has 0 bridgehead atoms. The zero-order valence-electron chi connectivity index (χ0n) is 21.2. The van der Waals surface area contributed by atoms with Gasteiger partial charge in [-0.05, 0) is 61.9 Å². The number of benzene rings is 2. The molecule has 8 nitrogen and oxygen atoms in total. The van der Waals surface area contributed by atoms with E-state index < -0.39 is 18.0 Å². The predicted molar refractivity (Wildman–Crippen MR) is 140 cm³/mol. The summed E-state index contributed by atoms with van der Waals surface area (Å²) in [7, 11) is 2.62. The number of carbonyl (C=O) groups is 3. The lowest BCUT2D eigenvalue weighted by atomic mass is 10.0. The molecule has 1 unspecified atom stereocenters. The Morgan fingerprint density at radius 3 is 2.28 bits per heavy atom. The van der Waals surface area contributed by atoms with Crippen LogP contribution in [-0.4, -0.2) is 57.2 Å². The molecule has 1 heterocycles. The van der Waals surface area contributed by atoms with Crippen LogP contribution in [-0.2, 0) is 30.3 Å². The van der Waals surface area contributed by atoms with Crippen LogP contribution in [0.3, 0.4) is 0 Å². The maximum Gasteiger partial charge on any atom is 0.323 e. The number of carbonyl (C=O) groups excluding carboxylic acids is 3. The second kappa shape index (κ2) is 14.2. The van der Waals surface area contributed by atoms with E-state index in [4.69, 9.17) is 9.47 Å². The number of piperidine rings is 1. The standard InChI is InChI=1S/C28H37N3O5/c1-35-27(33)20-25(28(34)36-2)29-23-16-18-31(19-17-23)24-14-12-22(13-15-24)30-26(32)11-7-6-10-21-8-4-3-5-9-21/h3-5,8-9,12-15,23,25,29H,6-7,10-11,16-20H2,1-2H3,(H,30,32). The van der Waals surface area contributed by atoms with E-state index in [1.807, 2.05) is 42.5 Å². The van der Waals surface area contributed by atoms with Gasteiger partial charge in [0.25, 0.3) is 0 Å². The van der Waals surface area contributed by atoms with E-state index in [1.54, 1.807) is 0 Å². The van der Waals surface area contributed by atoms with Crippen LogP contribution in [0.2, 0.25) is 0 Å². The molecule has 8 heteroatoms. The second-order valence-electron chi connectivity index (χ2n) is 9.07. The molecule has 1 aliphatic rings. The first-order chi connectivity index (χ1) is 17.5. The molecule has 2 aromatic rings. The fraction of sp³-hybridized carbons (Fsp3) is 0.464. The minimum absolute atomic E-state index is 0.0369. The van der Waals surface area contributed by atoms with Crippen LogP contribution in [0, 0.1) is 0 Å². The molecule has 2 N–H and O–H groups in total. The van der Waals surface area contributed by atoms with Crippen molar-refractivity contribution in [3.05, 3.63) is 60.2 Å². The Balaban J connectivity index is 1.39. The van der Waals surface area contributed by atoms with Gasteiger partial charge in [-0.2, -0.15) is 0 Å². The Labute approximate surface area is 213 Å². The van der Waals surface area contributed by atoms with E-state index in [9.17, 15) is 14.4 Å². The lowest BCUT2D eigenvalue weighted by Gasteiger charge is -2.35. The van der Waals surface area contributed by atoms with Gasteiger partial charge in [0.1, 0.15) is 6.04 Å². The fourth-order valence-electron chi connectivity index (χ4n) is 4.43. The van der Waals surface area contributed by atoms with E-state index in [0.717, 1.165) is 56.6 Å². The summed E-state index contributed by atoms with van der Waals surface area (Å²) in [5.41, 5.74) is 3.19. The largest absolute Gasteiger partial charge is 0.469 e. The van der Waals surface area contributed by atoms with E-state index >= 15 is 0 Å². The topological polar surface area (TPSA) is 97.0 Å². The average molecular weight is 496 g/mol. The number of ether oxygens (including phenoxy) is 2. The van der Waals surface area contributed by atoms with Gasteiger partial charge in [0.2, 0.25) is 5.91 Å². The molecular formula is C28H37N3O5. The molecule has 1 amide bonds. The molecule has 0 aliphatic carbocycles. The molecule has 1 atom stereocenters. The molecule has 36 heavy (non-hydrogen) atoms. The fourth-order valence-corrected chi connectivity index (χ4v) is 4.43. The summed E-state index contributed by atoms with van der Waals surface area (Å²) in [5.74, 6) is -0.874. The molecule has 0 spiro atoms. The summed E-state index contributed by atoms with van der Waals surface area (Å²) < 4.78 is 9.52. The summed E-state index contributed by atoms with van der Waals surface area (Å²) >= 11 is 0. The van der Waals surface area contributed by atoms with Gasteiger partial charge in [-0.3, -0.25) is 14.4 Å². The highest BCUT2D eigenvalue weighted by Gasteiger charge is 2.28. The van der Waals surface area contributed by atoms with Gasteiger partial charge in [-0.25, -0.2) is 0 Å². The van der Waals surface area contributed by atoms with E-state index in [-0.39, 0.29) is 18.4 Å². The summed E-state index contributed by atoms with van der Waals surface area (Å²) in [5, 5.41) is 6.24. The van der Waals surface area contributed by atoms with Crippen molar-refractivity contribution in [3.63, 3.8) is 0 Å². The highest BCUT2D eigenvalue weighted by molar-refractivity contribution is 5.90. The molecule has 3 rings (SSSR count). The number of esters is 2. The SMILES string of the molecule is COC(=O)CC(NC1CCN(c2ccc(NC(=O)CCCCc3ccccc3)cc2)CC1)C(=O)OC. The molecule has 1 aliphatic heterocycles. The number of hydrogen-bond acceptors (Lipinski definition) is 7. The van der Waals surface area contributed by atoms with E-state index in [0.29, 0.717) is 6.42 Å². The maximum atomic E-state index is 12.3. The van der Waals surface area contributed by atoms with Crippen LogP contribution >= 0.6 is 0 Å². The zero-order valence-corrected chi connectivity index (χ0v) is 21.2. The molecule has 0 aromatic heterocycles. The molecule has 1 fully saturated rings. The lowest BCUT2D eigenvalue weighted by molar-refractivity contribution is -0.149. The van der Waals surface area contributed by atoms with Crippen molar-refractivity contribution >= 4 is 29.2 Å². The summed E-state index contributed by atoms with van der Waals surface area (Å²) in [6, 6.07) is 17.6. The highest BCUT2D eigenvalue weighted by Crippen LogP contribution is 2.23. The Hall–Kier alpha value is -3.39. The van der Waals surface area contributed by atoms with Crippen molar-refractivity contribution in [3.8, 4) is 0 Å². The number of nitrogens with zero attached hydrogens (tertiary/aromatic N) is 1. The molecular weight excluding hydrogens is 458 g/mol. The quantitative estimate of drug-likeness (QED) is 0.342. The first-order valence-corrected chi connectivity index (χ1v) is 12.6. The summed E-state index contributed by atoms with van der Waals surface area (Å²) in [6.07, 6.45) is 4.96. The third kappa shape index (κ3) is 8.68. The predicted octanol–water partition coefficient (Wildman–Crippen LogP) is 3.70. The van der Waals surface area contributed by atoms with Gasteiger partial charge in [0.15, 0.2) is 0 Å². The minimum Gasteiger partial charge on any atom is -0.469 e. The van der Waals surface area contributed by atoms with Gasteiger partial charge < -0.3 is 25.0 Å². The van der Waals surface area contributed by atoms with E-state index in [2.05, 4.69) is 27.7 Å². The van der Waals surface area contributed by atoms with Crippen molar-refractivity contribution in [2.24, 2.45) is 0 Å². The highest BCUT2D eigenvalue weighted by atomic mass is 16.5. The van der Waals surface area contributed by atoms with Crippen LogP contribution < -0.4 is 15.5 Å². The number of amides is 1. The summed E-state index contributed by atoms with van der Waals surface area (Å²) in [4.78, 5) is 38.2. The van der Waals surface area contributed by atoms with Gasteiger partial charge in [0, 0.05) is 36.9 Å². The monoisotopic (exact) mass is 495 g/mol. The zero-order chi connectivity index (χ0) is 25.8. The van der Waals surface area contributed by atoms with E-state index in [1.165, 1.54) is 19.8 Å². The van der Waals surface area contributed by atoms with Crippen LogP contribution in [0.25, 0.3) is 0 Å². The van der Waals surface area contributed by atoms with Crippen LogP contribution in [0.5, 0.6) is 0 Å². The number of unbranched alkanes of at least 4 members (excludes halogenated alkanes) is 1. The molecule has 194 valence electrons. The van der Waals surface area contributed by atoms with Gasteiger partial charge >= 0.3 is 11.9 Å². The molecule has 0 saturated carbocycles. The number of hydrogen-bond donors (Lipinski definition) is 2. The third-order valence-electron chi connectivity index (χ3n) is 6.49. The second-order valence-corrected chi connectivity index (χ2v) is 9.07. The Kier molecular flexibility index (Phi) is 10.8.